The third-order valence-electron chi connectivity index (χ3n) is 4.58. The van der Waals surface area contributed by atoms with Crippen molar-refractivity contribution in [3.8, 4) is 0 Å². The lowest BCUT2D eigenvalue weighted by atomic mass is 9.84. The van der Waals surface area contributed by atoms with Gasteiger partial charge < -0.3 is 15.5 Å². The van der Waals surface area contributed by atoms with Crippen LogP contribution in [0.3, 0.4) is 0 Å². The van der Waals surface area contributed by atoms with Crippen LogP contribution < -0.4 is 10.6 Å². The maximum atomic E-state index is 11.9. The van der Waals surface area contributed by atoms with Crippen molar-refractivity contribution in [1.82, 2.24) is 10.2 Å². The summed E-state index contributed by atoms with van der Waals surface area (Å²) in [6.45, 7) is 7.62. The van der Waals surface area contributed by atoms with Crippen molar-refractivity contribution in [2.45, 2.75) is 38.8 Å². The second-order valence-corrected chi connectivity index (χ2v) is 6.59. The van der Waals surface area contributed by atoms with Crippen LogP contribution in [0.5, 0.6) is 0 Å². The van der Waals surface area contributed by atoms with E-state index in [-0.39, 0.29) is 11.9 Å². The van der Waals surface area contributed by atoms with E-state index in [1.165, 1.54) is 25.9 Å². The predicted octanol–water partition coefficient (Wildman–Crippen LogP) is 2.33. The van der Waals surface area contributed by atoms with Gasteiger partial charge in [-0.2, -0.15) is 0 Å². The van der Waals surface area contributed by atoms with E-state index in [9.17, 15) is 4.79 Å². The molecule has 0 aromatic heterocycles. The summed E-state index contributed by atoms with van der Waals surface area (Å²) in [7, 11) is 0. The van der Waals surface area contributed by atoms with Gasteiger partial charge in [-0.05, 0) is 70.0 Å². The molecule has 3 heterocycles. The SMILES string of the molecule is CC(C)NC(=O)c1ccc(NC2CN3CCC2CC3)cc1. The van der Waals surface area contributed by atoms with Gasteiger partial charge in [0.1, 0.15) is 0 Å². The van der Waals surface area contributed by atoms with E-state index in [1.807, 2.05) is 38.1 Å². The monoisotopic (exact) mass is 287 g/mol. The Balaban J connectivity index is 1.61. The molecule has 4 nitrogen and oxygen atoms in total. The first-order chi connectivity index (χ1) is 10.1. The first kappa shape index (κ1) is 14.4. The maximum absolute atomic E-state index is 11.9. The molecule has 0 aliphatic carbocycles. The van der Waals surface area contributed by atoms with Gasteiger partial charge in [0.25, 0.3) is 5.91 Å². The summed E-state index contributed by atoms with van der Waals surface area (Å²) in [6.07, 6.45) is 2.62. The quantitative estimate of drug-likeness (QED) is 0.893. The zero-order valence-corrected chi connectivity index (χ0v) is 12.9. The Morgan fingerprint density at radius 1 is 1.19 bits per heavy atom. The summed E-state index contributed by atoms with van der Waals surface area (Å²) in [4.78, 5) is 14.5. The number of carbonyl (C=O) groups excluding carboxylic acids is 1. The maximum Gasteiger partial charge on any atom is 0.251 e. The van der Waals surface area contributed by atoms with Gasteiger partial charge in [0.15, 0.2) is 0 Å². The van der Waals surface area contributed by atoms with E-state index in [0.29, 0.717) is 6.04 Å². The van der Waals surface area contributed by atoms with Gasteiger partial charge in [0.2, 0.25) is 0 Å². The number of hydrogen-bond donors (Lipinski definition) is 2. The van der Waals surface area contributed by atoms with Gasteiger partial charge in [-0.15, -0.1) is 0 Å². The second-order valence-electron chi connectivity index (χ2n) is 6.59. The highest BCUT2D eigenvalue weighted by molar-refractivity contribution is 5.94. The lowest BCUT2D eigenvalue weighted by molar-refractivity contribution is 0.0943. The van der Waals surface area contributed by atoms with Crippen LogP contribution in [0.2, 0.25) is 0 Å². The molecule has 21 heavy (non-hydrogen) atoms. The molecule has 3 saturated heterocycles. The van der Waals surface area contributed by atoms with E-state index < -0.39 is 0 Å². The minimum Gasteiger partial charge on any atom is -0.381 e. The summed E-state index contributed by atoms with van der Waals surface area (Å²) in [5.41, 5.74) is 1.85. The molecule has 1 amide bonds. The Labute approximate surface area is 126 Å². The lowest BCUT2D eigenvalue weighted by Gasteiger charge is -2.45. The molecule has 1 aromatic carbocycles. The number of nitrogens with zero attached hydrogens (tertiary/aromatic N) is 1. The van der Waals surface area contributed by atoms with Gasteiger partial charge >= 0.3 is 0 Å². The number of anilines is 1. The van der Waals surface area contributed by atoms with Gasteiger partial charge in [-0.25, -0.2) is 0 Å². The Morgan fingerprint density at radius 2 is 1.86 bits per heavy atom. The molecule has 2 N–H and O–H groups in total. The number of piperidine rings is 3. The van der Waals surface area contributed by atoms with Crippen molar-refractivity contribution < 1.29 is 4.79 Å². The minimum absolute atomic E-state index is 0.000570. The molecule has 1 unspecified atom stereocenters. The number of benzene rings is 1. The molecule has 1 atom stereocenters. The fraction of sp³-hybridized carbons (Fsp3) is 0.588. The predicted molar refractivity (Wildman–Crippen MR) is 85.6 cm³/mol. The molecule has 3 aliphatic heterocycles. The van der Waals surface area contributed by atoms with Crippen LogP contribution in [-0.4, -0.2) is 42.5 Å². The summed E-state index contributed by atoms with van der Waals surface area (Å²) < 4.78 is 0. The van der Waals surface area contributed by atoms with Crippen LogP contribution in [-0.2, 0) is 0 Å². The number of hydrogen-bond acceptors (Lipinski definition) is 3. The van der Waals surface area contributed by atoms with Crippen LogP contribution in [0.1, 0.15) is 37.0 Å². The molecule has 114 valence electrons. The molecule has 1 aromatic rings. The van der Waals surface area contributed by atoms with Crippen molar-refractivity contribution in [2.24, 2.45) is 5.92 Å². The first-order valence-electron chi connectivity index (χ1n) is 8.01. The van der Waals surface area contributed by atoms with E-state index in [1.54, 1.807) is 0 Å². The number of rotatable bonds is 4. The highest BCUT2D eigenvalue weighted by Crippen LogP contribution is 2.29. The van der Waals surface area contributed by atoms with Gasteiger partial charge in [0, 0.05) is 29.9 Å². The van der Waals surface area contributed by atoms with E-state index in [2.05, 4.69) is 15.5 Å². The lowest BCUT2D eigenvalue weighted by Crippen LogP contribution is -2.53. The number of carbonyl (C=O) groups is 1. The van der Waals surface area contributed by atoms with Gasteiger partial charge in [-0.1, -0.05) is 0 Å². The normalized spacial score (nSPS) is 27.7. The van der Waals surface area contributed by atoms with Crippen LogP contribution in [0.4, 0.5) is 5.69 Å². The minimum atomic E-state index is -0.000570. The molecule has 3 fully saturated rings. The molecular weight excluding hydrogens is 262 g/mol. The van der Waals surface area contributed by atoms with E-state index >= 15 is 0 Å². The summed E-state index contributed by atoms with van der Waals surface area (Å²) >= 11 is 0. The number of amides is 1. The zero-order chi connectivity index (χ0) is 14.8. The topological polar surface area (TPSA) is 44.4 Å². The van der Waals surface area contributed by atoms with Crippen molar-refractivity contribution >= 4 is 11.6 Å². The third-order valence-corrected chi connectivity index (χ3v) is 4.58. The summed E-state index contributed by atoms with van der Waals surface area (Å²) in [6, 6.07) is 8.58. The standard InChI is InChI=1S/C17H25N3O/c1-12(2)18-17(21)14-3-5-15(6-4-14)19-16-11-20-9-7-13(16)8-10-20/h3-6,12-13,16,19H,7-11H2,1-2H3,(H,18,21). The fourth-order valence-corrected chi connectivity index (χ4v) is 3.41. The van der Waals surface area contributed by atoms with Crippen LogP contribution >= 0.6 is 0 Å². The highest BCUT2D eigenvalue weighted by Gasteiger charge is 2.33. The van der Waals surface area contributed by atoms with Crippen molar-refractivity contribution in [1.29, 1.82) is 0 Å². The second kappa shape index (κ2) is 6.06. The fourth-order valence-electron chi connectivity index (χ4n) is 3.41. The first-order valence-corrected chi connectivity index (χ1v) is 8.01. The van der Waals surface area contributed by atoms with Gasteiger partial charge in [-0.3, -0.25) is 4.79 Å². The van der Waals surface area contributed by atoms with Crippen LogP contribution in [0.25, 0.3) is 0 Å². The molecule has 0 radical (unpaired) electrons. The molecular formula is C17H25N3O. The molecule has 0 spiro atoms. The van der Waals surface area contributed by atoms with Crippen LogP contribution in [0, 0.1) is 5.92 Å². The van der Waals surface area contributed by atoms with Gasteiger partial charge in [0.05, 0.1) is 0 Å². The Morgan fingerprint density at radius 3 is 2.38 bits per heavy atom. The van der Waals surface area contributed by atoms with E-state index in [0.717, 1.165) is 23.7 Å². The van der Waals surface area contributed by atoms with Crippen molar-refractivity contribution in [3.05, 3.63) is 29.8 Å². The molecule has 0 saturated carbocycles. The number of nitrogens with one attached hydrogen (secondary N) is 2. The average Bonchev–Trinajstić information content (AvgIpc) is 2.48. The summed E-state index contributed by atoms with van der Waals surface area (Å²) in [5.74, 6) is 0.804. The zero-order valence-electron chi connectivity index (χ0n) is 12.9. The van der Waals surface area contributed by atoms with Crippen LogP contribution in [0.15, 0.2) is 24.3 Å². The Kier molecular flexibility index (Phi) is 4.15. The molecule has 2 bridgehead atoms. The Bertz CT molecular complexity index is 489. The van der Waals surface area contributed by atoms with Crippen molar-refractivity contribution in [2.75, 3.05) is 25.0 Å². The molecule has 4 heteroatoms. The summed E-state index contributed by atoms with van der Waals surface area (Å²) in [5, 5.41) is 6.56. The van der Waals surface area contributed by atoms with E-state index in [4.69, 9.17) is 0 Å². The van der Waals surface area contributed by atoms with Crippen molar-refractivity contribution in [3.63, 3.8) is 0 Å². The largest absolute Gasteiger partial charge is 0.381 e. The third kappa shape index (κ3) is 3.38. The smallest absolute Gasteiger partial charge is 0.251 e. The number of fused-ring (bicyclic) bond motifs is 3. The molecule has 4 rings (SSSR count). The average molecular weight is 287 g/mol. The molecule has 3 aliphatic rings. The Hall–Kier alpha value is -1.55. The highest BCUT2D eigenvalue weighted by atomic mass is 16.1.